The van der Waals surface area contributed by atoms with Gasteiger partial charge in [0.05, 0.1) is 11.4 Å². The van der Waals surface area contributed by atoms with E-state index in [1.54, 1.807) is 11.8 Å². The molecule has 3 aromatic rings. The molecule has 3 nitrogen and oxygen atoms in total. The van der Waals surface area contributed by atoms with Gasteiger partial charge in [-0.3, -0.25) is 0 Å². The molecule has 5 heteroatoms. The summed E-state index contributed by atoms with van der Waals surface area (Å²) in [7, 11) is 0. The lowest BCUT2D eigenvalue weighted by Crippen LogP contribution is -2.17. The molecule has 0 fully saturated rings. The zero-order valence-corrected chi connectivity index (χ0v) is 15.9. The van der Waals surface area contributed by atoms with Gasteiger partial charge in [-0.1, -0.05) is 46.3 Å². The summed E-state index contributed by atoms with van der Waals surface area (Å²) >= 11 is 5.16. The normalized spacial score (nSPS) is 12.5. The lowest BCUT2D eigenvalue weighted by molar-refractivity contribution is 0.262. The zero-order chi connectivity index (χ0) is 17.4. The average Bonchev–Trinajstić information content (AvgIpc) is 2.76. The predicted molar refractivity (Wildman–Crippen MR) is 109 cm³/mol. The van der Waals surface area contributed by atoms with Crippen LogP contribution >= 0.6 is 27.7 Å². The summed E-state index contributed by atoms with van der Waals surface area (Å²) in [6, 6.07) is 20.1. The molecule has 0 unspecified atom stereocenters. The van der Waals surface area contributed by atoms with Crippen LogP contribution in [0.4, 0.5) is 16.2 Å². The van der Waals surface area contributed by atoms with Crippen molar-refractivity contribution in [1.29, 1.82) is 0 Å². The summed E-state index contributed by atoms with van der Waals surface area (Å²) in [5.74, 6) is 0. The Bertz CT molecular complexity index is 970. The summed E-state index contributed by atoms with van der Waals surface area (Å²) in [5, 5.41) is 5.92. The van der Waals surface area contributed by atoms with Gasteiger partial charge < -0.3 is 10.6 Å². The smallest absolute Gasteiger partial charge is 0.307 e. The molecule has 0 saturated carbocycles. The van der Waals surface area contributed by atoms with Gasteiger partial charge >= 0.3 is 6.03 Å². The van der Waals surface area contributed by atoms with Crippen LogP contribution < -0.4 is 10.6 Å². The summed E-state index contributed by atoms with van der Waals surface area (Å²) in [5.41, 5.74) is 5.91. The summed E-state index contributed by atoms with van der Waals surface area (Å²) < 4.78 is 1.04. The van der Waals surface area contributed by atoms with E-state index in [0.717, 1.165) is 43.0 Å². The Kier molecular flexibility index (Phi) is 4.27. The highest BCUT2D eigenvalue weighted by molar-refractivity contribution is 9.10. The Hall–Kier alpha value is -2.24. The molecule has 4 rings (SSSR count). The van der Waals surface area contributed by atoms with Crippen LogP contribution in [0.25, 0.3) is 22.3 Å². The topological polar surface area (TPSA) is 41.1 Å². The van der Waals surface area contributed by atoms with E-state index in [1.165, 1.54) is 0 Å². The van der Waals surface area contributed by atoms with E-state index in [0.29, 0.717) is 0 Å². The van der Waals surface area contributed by atoms with Gasteiger partial charge in [-0.25, -0.2) is 4.79 Å². The first-order valence-electron chi connectivity index (χ1n) is 7.81. The van der Waals surface area contributed by atoms with Crippen LogP contribution in [0.1, 0.15) is 0 Å². The predicted octanol–water partition coefficient (Wildman–Crippen LogP) is 6.46. The third-order valence-corrected chi connectivity index (χ3v) is 5.43. The molecule has 1 aliphatic rings. The van der Waals surface area contributed by atoms with E-state index in [-0.39, 0.29) is 6.03 Å². The highest BCUT2D eigenvalue weighted by Crippen LogP contribution is 2.44. The van der Waals surface area contributed by atoms with Crippen molar-refractivity contribution in [2.45, 2.75) is 4.90 Å². The molecule has 0 bridgehead atoms. The van der Waals surface area contributed by atoms with Gasteiger partial charge in [0, 0.05) is 20.5 Å². The monoisotopic (exact) mass is 410 g/mol. The largest absolute Gasteiger partial charge is 0.323 e. The van der Waals surface area contributed by atoms with E-state index in [2.05, 4.69) is 44.8 Å². The molecule has 0 aromatic heterocycles. The molecule has 0 spiro atoms. The highest BCUT2D eigenvalue weighted by atomic mass is 79.9. The lowest BCUT2D eigenvalue weighted by Gasteiger charge is -2.16. The Morgan fingerprint density at radius 3 is 2.36 bits per heavy atom. The first-order valence-corrected chi connectivity index (χ1v) is 9.83. The number of nitrogens with one attached hydrogen (secondary N) is 2. The Morgan fingerprint density at radius 2 is 1.60 bits per heavy atom. The lowest BCUT2D eigenvalue weighted by atomic mass is 9.92. The van der Waals surface area contributed by atoms with Gasteiger partial charge in [0.15, 0.2) is 0 Å². The standard InChI is InChI=1S/C20H15BrN2OS/c1-25-14-10-16(12-6-8-13(21)9-7-12)19-15-4-2-3-5-17(15)22-20(24)23-18(19)11-14/h2-11H,1H3,(H2,22,23,24). The molecule has 0 radical (unpaired) electrons. The summed E-state index contributed by atoms with van der Waals surface area (Å²) in [6.45, 7) is 0. The van der Waals surface area contributed by atoms with Crippen LogP contribution in [0, 0.1) is 0 Å². The van der Waals surface area contributed by atoms with Crippen molar-refractivity contribution in [3.63, 3.8) is 0 Å². The van der Waals surface area contributed by atoms with Gasteiger partial charge in [0.25, 0.3) is 0 Å². The number of carbonyl (C=O) groups is 1. The molecule has 1 aliphatic heterocycles. The molecule has 0 saturated heterocycles. The molecule has 0 atom stereocenters. The maximum Gasteiger partial charge on any atom is 0.323 e. The highest BCUT2D eigenvalue weighted by Gasteiger charge is 2.22. The first-order chi connectivity index (χ1) is 12.2. The van der Waals surface area contributed by atoms with Gasteiger partial charge in [0.1, 0.15) is 0 Å². The third kappa shape index (κ3) is 3.05. The van der Waals surface area contributed by atoms with Crippen LogP contribution in [-0.4, -0.2) is 12.3 Å². The van der Waals surface area contributed by atoms with Crippen LogP contribution in [0.5, 0.6) is 0 Å². The number of rotatable bonds is 2. The van der Waals surface area contributed by atoms with E-state index >= 15 is 0 Å². The number of carbonyl (C=O) groups excluding carboxylic acids is 1. The number of benzene rings is 3. The van der Waals surface area contributed by atoms with Crippen LogP contribution in [0.3, 0.4) is 0 Å². The quantitative estimate of drug-likeness (QED) is 0.475. The molecule has 2 amide bonds. The van der Waals surface area contributed by atoms with Gasteiger partial charge in [0.2, 0.25) is 0 Å². The average molecular weight is 411 g/mol. The van der Waals surface area contributed by atoms with Crippen molar-refractivity contribution in [2.75, 3.05) is 16.9 Å². The van der Waals surface area contributed by atoms with Gasteiger partial charge in [-0.15, -0.1) is 11.8 Å². The second-order valence-corrected chi connectivity index (χ2v) is 7.52. The Balaban J connectivity index is 2.05. The first kappa shape index (κ1) is 16.2. The number of anilines is 2. The van der Waals surface area contributed by atoms with Crippen LogP contribution in [-0.2, 0) is 0 Å². The number of thioether (sulfide) groups is 1. The van der Waals surface area contributed by atoms with E-state index in [1.807, 2.05) is 48.7 Å². The van der Waals surface area contributed by atoms with E-state index in [9.17, 15) is 4.79 Å². The zero-order valence-electron chi connectivity index (χ0n) is 13.5. The van der Waals surface area contributed by atoms with Gasteiger partial charge in [-0.2, -0.15) is 0 Å². The Labute approximate surface area is 159 Å². The fourth-order valence-electron chi connectivity index (χ4n) is 3.07. The number of halogens is 1. The third-order valence-electron chi connectivity index (χ3n) is 4.20. The van der Waals surface area contributed by atoms with E-state index < -0.39 is 0 Å². The SMILES string of the molecule is CSc1cc2c(c(-c3ccc(Br)cc3)c1)-c1ccccc1NC(=O)N2. The van der Waals surface area contributed by atoms with Crippen molar-refractivity contribution >= 4 is 45.1 Å². The van der Waals surface area contributed by atoms with Crippen molar-refractivity contribution in [3.8, 4) is 22.3 Å². The number of amides is 2. The molecule has 25 heavy (non-hydrogen) atoms. The van der Waals surface area contributed by atoms with Gasteiger partial charge in [-0.05, 0) is 47.7 Å². The number of para-hydroxylation sites is 1. The molecule has 3 aromatic carbocycles. The molecular formula is C20H15BrN2OS. The van der Waals surface area contributed by atoms with Crippen molar-refractivity contribution < 1.29 is 4.79 Å². The Morgan fingerprint density at radius 1 is 0.880 bits per heavy atom. The second kappa shape index (κ2) is 6.58. The summed E-state index contributed by atoms with van der Waals surface area (Å²) in [4.78, 5) is 13.4. The minimum atomic E-state index is -0.216. The van der Waals surface area contributed by atoms with Crippen LogP contribution in [0.15, 0.2) is 70.0 Å². The number of urea groups is 1. The maximum atomic E-state index is 12.3. The summed E-state index contributed by atoms with van der Waals surface area (Å²) in [6.07, 6.45) is 2.04. The minimum absolute atomic E-state index is 0.216. The molecule has 124 valence electrons. The van der Waals surface area contributed by atoms with Crippen molar-refractivity contribution in [3.05, 3.63) is 65.1 Å². The minimum Gasteiger partial charge on any atom is -0.307 e. The number of hydrogen-bond acceptors (Lipinski definition) is 2. The van der Waals surface area contributed by atoms with Crippen molar-refractivity contribution in [1.82, 2.24) is 0 Å². The maximum absolute atomic E-state index is 12.3. The molecule has 2 N–H and O–H groups in total. The van der Waals surface area contributed by atoms with Crippen molar-refractivity contribution in [2.24, 2.45) is 0 Å². The van der Waals surface area contributed by atoms with Crippen LogP contribution in [0.2, 0.25) is 0 Å². The number of fused-ring (bicyclic) bond motifs is 3. The second-order valence-electron chi connectivity index (χ2n) is 5.73. The van der Waals surface area contributed by atoms with E-state index in [4.69, 9.17) is 0 Å². The molecule has 1 heterocycles. The number of hydrogen-bond donors (Lipinski definition) is 2. The molecule has 0 aliphatic carbocycles. The fourth-order valence-corrected chi connectivity index (χ4v) is 3.80. The molecular weight excluding hydrogens is 396 g/mol. The fraction of sp³-hybridized carbons (Fsp3) is 0.0500.